The Kier molecular flexibility index (Phi) is 7.46. The van der Waals surface area contributed by atoms with Crippen molar-refractivity contribution in [2.45, 2.75) is 20.0 Å². The number of nitrogens with zero attached hydrogens (tertiary/aromatic N) is 1. The minimum absolute atomic E-state index is 0.233. The molecule has 0 saturated heterocycles. The number of ether oxygens (including phenoxy) is 2. The maximum Gasteiger partial charge on any atom is 0.310 e. The molecule has 0 aliphatic rings. The summed E-state index contributed by atoms with van der Waals surface area (Å²) in [5.41, 5.74) is 0.970. The minimum atomic E-state index is -0.249. The third-order valence-corrected chi connectivity index (χ3v) is 3.14. The minimum Gasteiger partial charge on any atom is -0.469 e. The summed E-state index contributed by atoms with van der Waals surface area (Å²) in [5, 5.41) is 0. The van der Waals surface area contributed by atoms with Gasteiger partial charge in [-0.1, -0.05) is 37.3 Å². The summed E-state index contributed by atoms with van der Waals surface area (Å²) < 4.78 is 9.86. The summed E-state index contributed by atoms with van der Waals surface area (Å²) in [6, 6.07) is 9.57. The summed E-state index contributed by atoms with van der Waals surface area (Å²) in [5.74, 6) is -0.721. The molecule has 1 unspecified atom stereocenters. The van der Waals surface area contributed by atoms with Crippen molar-refractivity contribution in [3.05, 3.63) is 35.9 Å². The average Bonchev–Trinajstić information content (AvgIpc) is 2.51. The third kappa shape index (κ3) is 6.90. The lowest BCUT2D eigenvalue weighted by atomic mass is 10.1. The Balaban J connectivity index is 2.28. The summed E-state index contributed by atoms with van der Waals surface area (Å²) in [6.07, 6.45) is 0.318. The van der Waals surface area contributed by atoms with Crippen LogP contribution in [0.5, 0.6) is 0 Å². The molecule has 1 aromatic carbocycles. The van der Waals surface area contributed by atoms with Crippen LogP contribution >= 0.6 is 0 Å². The lowest BCUT2D eigenvalue weighted by molar-refractivity contribution is -0.149. The number of carbonyl (C=O) groups excluding carboxylic acids is 2. The van der Waals surface area contributed by atoms with Crippen LogP contribution < -0.4 is 0 Å². The predicted octanol–water partition coefficient (Wildman–Crippen LogP) is 1.86. The number of hydrogen-bond acceptors (Lipinski definition) is 5. The van der Waals surface area contributed by atoms with Gasteiger partial charge in [0.2, 0.25) is 0 Å². The number of esters is 2. The van der Waals surface area contributed by atoms with E-state index in [9.17, 15) is 9.59 Å². The van der Waals surface area contributed by atoms with Gasteiger partial charge in [-0.25, -0.2) is 0 Å². The smallest absolute Gasteiger partial charge is 0.310 e. The average molecular weight is 293 g/mol. The van der Waals surface area contributed by atoms with Crippen LogP contribution in [0.1, 0.15) is 18.9 Å². The molecule has 5 nitrogen and oxygen atoms in total. The van der Waals surface area contributed by atoms with Gasteiger partial charge in [-0.15, -0.1) is 0 Å². The summed E-state index contributed by atoms with van der Waals surface area (Å²) in [6.45, 7) is 3.21. The molecule has 0 aromatic heterocycles. The Morgan fingerprint density at radius 1 is 1.24 bits per heavy atom. The quantitative estimate of drug-likeness (QED) is 0.685. The van der Waals surface area contributed by atoms with Crippen molar-refractivity contribution in [1.82, 2.24) is 4.90 Å². The lowest BCUT2D eigenvalue weighted by Gasteiger charge is -2.19. The third-order valence-electron chi connectivity index (χ3n) is 3.14. The molecule has 0 N–H and O–H groups in total. The first-order valence-electron chi connectivity index (χ1n) is 6.99. The monoisotopic (exact) mass is 293 g/mol. The van der Waals surface area contributed by atoms with Crippen LogP contribution in [0, 0.1) is 5.92 Å². The molecule has 1 rings (SSSR count). The molecule has 0 aliphatic carbocycles. The van der Waals surface area contributed by atoms with Crippen LogP contribution in [0.4, 0.5) is 0 Å². The van der Waals surface area contributed by atoms with Crippen LogP contribution in [0.15, 0.2) is 30.3 Å². The zero-order chi connectivity index (χ0) is 15.7. The van der Waals surface area contributed by atoms with Crippen molar-refractivity contribution in [2.75, 3.05) is 27.2 Å². The first-order chi connectivity index (χ1) is 10.0. The van der Waals surface area contributed by atoms with Crippen molar-refractivity contribution >= 4 is 11.9 Å². The standard InChI is InChI=1S/C16H23NO4/c1-13(11-17(2)10-9-15(18)20-3)16(19)21-12-14-7-5-4-6-8-14/h4-8,13H,9-12H2,1-3H3. The Labute approximate surface area is 125 Å². The zero-order valence-electron chi connectivity index (χ0n) is 12.9. The number of carbonyl (C=O) groups is 2. The van der Waals surface area contributed by atoms with Gasteiger partial charge >= 0.3 is 11.9 Å². The van der Waals surface area contributed by atoms with Crippen molar-refractivity contribution in [3.63, 3.8) is 0 Å². The van der Waals surface area contributed by atoms with E-state index in [-0.39, 0.29) is 24.5 Å². The fourth-order valence-corrected chi connectivity index (χ4v) is 1.89. The first-order valence-corrected chi connectivity index (χ1v) is 6.99. The molecule has 1 atom stereocenters. The molecule has 116 valence electrons. The van der Waals surface area contributed by atoms with Crippen molar-refractivity contribution in [2.24, 2.45) is 5.92 Å². The number of benzene rings is 1. The van der Waals surface area contributed by atoms with Crippen molar-refractivity contribution in [1.29, 1.82) is 0 Å². The highest BCUT2D eigenvalue weighted by Crippen LogP contribution is 2.06. The highest BCUT2D eigenvalue weighted by atomic mass is 16.5. The van der Waals surface area contributed by atoms with Gasteiger partial charge in [-0.2, -0.15) is 0 Å². The molecular weight excluding hydrogens is 270 g/mol. The largest absolute Gasteiger partial charge is 0.469 e. The van der Waals surface area contributed by atoms with E-state index in [1.54, 1.807) is 0 Å². The maximum atomic E-state index is 11.9. The van der Waals surface area contributed by atoms with E-state index >= 15 is 0 Å². The Morgan fingerprint density at radius 3 is 2.52 bits per heavy atom. The van der Waals surface area contributed by atoms with Crippen molar-refractivity contribution in [3.8, 4) is 0 Å². The van der Waals surface area contributed by atoms with Crippen LogP contribution in [0.25, 0.3) is 0 Å². The predicted molar refractivity (Wildman–Crippen MR) is 79.5 cm³/mol. The summed E-state index contributed by atoms with van der Waals surface area (Å²) >= 11 is 0. The molecule has 5 heteroatoms. The van der Waals surface area contributed by atoms with Crippen molar-refractivity contribution < 1.29 is 19.1 Å². The fraction of sp³-hybridized carbons (Fsp3) is 0.500. The molecule has 0 spiro atoms. The fourth-order valence-electron chi connectivity index (χ4n) is 1.89. The highest BCUT2D eigenvalue weighted by Gasteiger charge is 2.17. The molecule has 1 aromatic rings. The number of hydrogen-bond donors (Lipinski definition) is 0. The van der Waals surface area contributed by atoms with Gasteiger partial charge in [-0.05, 0) is 12.6 Å². The maximum absolute atomic E-state index is 11.9. The number of rotatable bonds is 8. The van der Waals surface area contributed by atoms with E-state index in [4.69, 9.17) is 4.74 Å². The van der Waals surface area contributed by atoms with E-state index in [1.807, 2.05) is 49.2 Å². The number of methoxy groups -OCH3 is 1. The molecule has 21 heavy (non-hydrogen) atoms. The highest BCUT2D eigenvalue weighted by molar-refractivity contribution is 5.72. The Bertz CT molecular complexity index is 447. The van der Waals surface area contributed by atoms with Gasteiger partial charge in [-0.3, -0.25) is 9.59 Å². The zero-order valence-corrected chi connectivity index (χ0v) is 12.9. The molecule has 0 aliphatic heterocycles. The second-order valence-corrected chi connectivity index (χ2v) is 5.08. The second kappa shape index (κ2) is 9.13. The molecule has 0 radical (unpaired) electrons. The van der Waals surface area contributed by atoms with Gasteiger partial charge in [0.15, 0.2) is 0 Å². The van der Waals surface area contributed by atoms with E-state index in [0.29, 0.717) is 19.5 Å². The van der Waals surface area contributed by atoms with E-state index < -0.39 is 0 Å². The lowest BCUT2D eigenvalue weighted by Crippen LogP contribution is -2.31. The van der Waals surface area contributed by atoms with Crippen LogP contribution in [-0.2, 0) is 25.7 Å². The van der Waals surface area contributed by atoms with Gasteiger partial charge in [0.05, 0.1) is 19.4 Å². The Morgan fingerprint density at radius 2 is 1.90 bits per heavy atom. The van der Waals surface area contributed by atoms with Crippen LogP contribution in [0.3, 0.4) is 0 Å². The van der Waals surface area contributed by atoms with Gasteiger partial charge in [0, 0.05) is 13.1 Å². The van der Waals surface area contributed by atoms with Gasteiger partial charge in [0.1, 0.15) is 6.61 Å². The molecule has 0 bridgehead atoms. The molecule has 0 fully saturated rings. The van der Waals surface area contributed by atoms with Gasteiger partial charge in [0.25, 0.3) is 0 Å². The molecule has 0 amide bonds. The Hall–Kier alpha value is -1.88. The second-order valence-electron chi connectivity index (χ2n) is 5.08. The summed E-state index contributed by atoms with van der Waals surface area (Å²) in [4.78, 5) is 24.9. The first kappa shape index (κ1) is 17.2. The van der Waals surface area contributed by atoms with Gasteiger partial charge < -0.3 is 14.4 Å². The van der Waals surface area contributed by atoms with Crippen LogP contribution in [-0.4, -0.2) is 44.1 Å². The molecular formula is C16H23NO4. The topological polar surface area (TPSA) is 55.8 Å². The normalized spacial score (nSPS) is 12.0. The SMILES string of the molecule is COC(=O)CCN(C)CC(C)C(=O)OCc1ccccc1. The molecule has 0 saturated carbocycles. The van der Waals surface area contributed by atoms with E-state index in [1.165, 1.54) is 7.11 Å². The van der Waals surface area contributed by atoms with E-state index in [2.05, 4.69) is 4.74 Å². The summed E-state index contributed by atoms with van der Waals surface area (Å²) in [7, 11) is 3.23. The van der Waals surface area contributed by atoms with Crippen LogP contribution in [0.2, 0.25) is 0 Å². The molecule has 0 heterocycles. The van der Waals surface area contributed by atoms with E-state index in [0.717, 1.165) is 5.56 Å².